The number of aromatic nitrogens is 2. The van der Waals surface area contributed by atoms with Crippen LogP contribution in [-0.4, -0.2) is 47.6 Å². The molecule has 0 unspecified atom stereocenters. The molecule has 1 aliphatic rings. The molecule has 0 spiro atoms. The lowest BCUT2D eigenvalue weighted by atomic mass is 9.94. The van der Waals surface area contributed by atoms with Gasteiger partial charge in [-0.3, -0.25) is 4.79 Å². The monoisotopic (exact) mass is 248 g/mol. The van der Waals surface area contributed by atoms with Gasteiger partial charge in [0.1, 0.15) is 11.6 Å². The maximum atomic E-state index is 10.8. The molecule has 2 heterocycles. The molecule has 5 nitrogen and oxygen atoms in total. The summed E-state index contributed by atoms with van der Waals surface area (Å²) in [5, 5.41) is 11.3. The van der Waals surface area contributed by atoms with Crippen LogP contribution in [0.25, 0.3) is 0 Å². The first kappa shape index (κ1) is 13.0. The molecule has 98 valence electrons. The van der Waals surface area contributed by atoms with E-state index in [9.17, 15) is 4.79 Å². The van der Waals surface area contributed by atoms with Crippen LogP contribution in [0, 0.1) is 0 Å². The molecule has 0 saturated carbocycles. The number of Topliss-reactive ketones (excluding diaryl/α,β-unsaturated/α-hetero) is 1. The van der Waals surface area contributed by atoms with Gasteiger partial charge >= 0.3 is 0 Å². The number of hydrogen-bond donors (Lipinski definition) is 1. The smallest absolute Gasteiger partial charge is 0.149 e. The minimum Gasteiger partial charge on any atom is -0.362 e. The molecule has 0 aromatic carbocycles. The van der Waals surface area contributed by atoms with Gasteiger partial charge in [-0.05, 0) is 52.0 Å². The van der Waals surface area contributed by atoms with Gasteiger partial charge in [0.25, 0.3) is 0 Å². The summed E-state index contributed by atoms with van der Waals surface area (Å²) in [7, 11) is 2.15. The molecule has 1 N–H and O–H groups in total. The van der Waals surface area contributed by atoms with Gasteiger partial charge in [-0.25, -0.2) is 0 Å². The van der Waals surface area contributed by atoms with E-state index >= 15 is 0 Å². The Bertz CT molecular complexity index is 396. The van der Waals surface area contributed by atoms with Crippen LogP contribution in [0.4, 0.5) is 5.82 Å². The van der Waals surface area contributed by atoms with Crippen LogP contribution in [0.5, 0.6) is 0 Å². The van der Waals surface area contributed by atoms with E-state index in [1.807, 2.05) is 12.1 Å². The predicted molar refractivity (Wildman–Crippen MR) is 70.7 cm³/mol. The van der Waals surface area contributed by atoms with Crippen molar-refractivity contribution in [1.29, 1.82) is 0 Å². The highest BCUT2D eigenvalue weighted by Gasteiger charge is 2.19. The minimum absolute atomic E-state index is 0.0937. The summed E-state index contributed by atoms with van der Waals surface area (Å²) in [6, 6.07) is 3.93. The Hall–Kier alpha value is -1.49. The van der Waals surface area contributed by atoms with Crippen LogP contribution < -0.4 is 5.32 Å². The topological polar surface area (TPSA) is 58.1 Å². The second kappa shape index (κ2) is 5.91. The molecule has 0 radical (unpaired) electrons. The molecule has 1 saturated heterocycles. The van der Waals surface area contributed by atoms with E-state index in [1.165, 1.54) is 0 Å². The number of anilines is 1. The van der Waals surface area contributed by atoms with Crippen molar-refractivity contribution in [2.45, 2.75) is 25.7 Å². The molecule has 0 bridgehead atoms. The van der Waals surface area contributed by atoms with Gasteiger partial charge in [-0.1, -0.05) is 0 Å². The van der Waals surface area contributed by atoms with Crippen molar-refractivity contribution >= 4 is 11.6 Å². The van der Waals surface area contributed by atoms with Crippen molar-refractivity contribution in [3.8, 4) is 0 Å². The van der Waals surface area contributed by atoms with Crippen LogP contribution in [0.3, 0.4) is 0 Å². The van der Waals surface area contributed by atoms with Gasteiger partial charge in [0, 0.05) is 5.92 Å². The predicted octanol–water partition coefficient (Wildman–Crippen LogP) is 1.29. The normalized spacial score (nSPS) is 17.7. The Morgan fingerprint density at radius 3 is 2.67 bits per heavy atom. The highest BCUT2D eigenvalue weighted by atomic mass is 16.1. The average Bonchev–Trinajstić information content (AvgIpc) is 2.38. The number of ketones is 1. The second-order valence-electron chi connectivity index (χ2n) is 4.98. The number of nitrogens with zero attached hydrogens (tertiary/aromatic N) is 3. The Morgan fingerprint density at radius 2 is 2.11 bits per heavy atom. The SMILES string of the molecule is CC(=O)CNc1ccc(C2CCN(C)CC2)nn1. The van der Waals surface area contributed by atoms with Crippen molar-refractivity contribution < 1.29 is 4.79 Å². The van der Waals surface area contributed by atoms with Gasteiger partial charge in [-0.2, -0.15) is 5.10 Å². The van der Waals surface area contributed by atoms with Gasteiger partial charge in [0.05, 0.1) is 12.2 Å². The fraction of sp³-hybridized carbons (Fsp3) is 0.615. The largest absolute Gasteiger partial charge is 0.362 e. The molecule has 0 atom stereocenters. The third-order valence-electron chi connectivity index (χ3n) is 3.34. The standard InChI is InChI=1S/C13H20N4O/c1-10(18)9-14-13-4-3-12(15-16-13)11-5-7-17(2)8-6-11/h3-4,11H,5-9H2,1-2H3,(H,14,16). The molecule has 5 heteroatoms. The van der Waals surface area contributed by atoms with Crippen molar-refractivity contribution in [2.24, 2.45) is 0 Å². The molecule has 1 aromatic rings. The van der Waals surface area contributed by atoms with E-state index in [0.717, 1.165) is 31.6 Å². The number of hydrogen-bond acceptors (Lipinski definition) is 5. The fourth-order valence-corrected chi connectivity index (χ4v) is 2.17. The van der Waals surface area contributed by atoms with E-state index < -0.39 is 0 Å². The first-order valence-electron chi connectivity index (χ1n) is 6.40. The maximum absolute atomic E-state index is 10.8. The number of piperidine rings is 1. The number of carbonyl (C=O) groups is 1. The van der Waals surface area contributed by atoms with E-state index in [1.54, 1.807) is 6.92 Å². The van der Waals surface area contributed by atoms with Gasteiger partial charge in [-0.15, -0.1) is 5.10 Å². The van der Waals surface area contributed by atoms with Crippen molar-refractivity contribution in [1.82, 2.24) is 15.1 Å². The van der Waals surface area contributed by atoms with Gasteiger partial charge < -0.3 is 10.2 Å². The van der Waals surface area contributed by atoms with E-state index in [0.29, 0.717) is 18.3 Å². The minimum atomic E-state index is 0.0937. The van der Waals surface area contributed by atoms with Crippen LogP contribution in [-0.2, 0) is 4.79 Å². The van der Waals surface area contributed by atoms with Crippen molar-refractivity contribution in [2.75, 3.05) is 32.0 Å². The quantitative estimate of drug-likeness (QED) is 0.870. The highest BCUT2D eigenvalue weighted by Crippen LogP contribution is 2.25. The summed E-state index contributed by atoms with van der Waals surface area (Å²) in [5.74, 6) is 1.29. The summed E-state index contributed by atoms with van der Waals surface area (Å²) in [6.07, 6.45) is 2.29. The molecule has 0 aliphatic carbocycles. The Balaban J connectivity index is 1.93. The van der Waals surface area contributed by atoms with Gasteiger partial charge in [0.2, 0.25) is 0 Å². The molecular weight excluding hydrogens is 228 g/mol. The fourth-order valence-electron chi connectivity index (χ4n) is 2.17. The lowest BCUT2D eigenvalue weighted by Gasteiger charge is -2.28. The summed E-state index contributed by atoms with van der Waals surface area (Å²) in [4.78, 5) is 13.2. The van der Waals surface area contributed by atoms with E-state index in [2.05, 4.69) is 27.5 Å². The first-order valence-corrected chi connectivity index (χ1v) is 6.40. The molecule has 1 fully saturated rings. The zero-order chi connectivity index (χ0) is 13.0. The highest BCUT2D eigenvalue weighted by molar-refractivity contribution is 5.79. The van der Waals surface area contributed by atoms with Crippen LogP contribution in [0.15, 0.2) is 12.1 Å². The molecule has 2 rings (SSSR count). The Morgan fingerprint density at radius 1 is 1.39 bits per heavy atom. The van der Waals surface area contributed by atoms with Gasteiger partial charge in [0.15, 0.2) is 0 Å². The van der Waals surface area contributed by atoms with Crippen molar-refractivity contribution in [3.05, 3.63) is 17.8 Å². The number of nitrogens with one attached hydrogen (secondary N) is 1. The zero-order valence-electron chi connectivity index (χ0n) is 11.0. The molecule has 1 aromatic heterocycles. The number of carbonyl (C=O) groups excluding carboxylic acids is 1. The van der Waals surface area contributed by atoms with Crippen LogP contribution in [0.2, 0.25) is 0 Å². The third kappa shape index (κ3) is 3.50. The van der Waals surface area contributed by atoms with Crippen LogP contribution >= 0.6 is 0 Å². The van der Waals surface area contributed by atoms with Crippen molar-refractivity contribution in [3.63, 3.8) is 0 Å². The molecule has 1 aliphatic heterocycles. The van der Waals surface area contributed by atoms with E-state index in [-0.39, 0.29) is 5.78 Å². The molecule has 0 amide bonds. The Kier molecular flexibility index (Phi) is 4.25. The number of rotatable bonds is 4. The first-order chi connectivity index (χ1) is 8.65. The molecular formula is C13H20N4O. The summed E-state index contributed by atoms with van der Waals surface area (Å²) < 4.78 is 0. The lowest BCUT2D eigenvalue weighted by Crippen LogP contribution is -2.29. The molecule has 18 heavy (non-hydrogen) atoms. The maximum Gasteiger partial charge on any atom is 0.149 e. The summed E-state index contributed by atoms with van der Waals surface area (Å²) >= 11 is 0. The average molecular weight is 248 g/mol. The Labute approximate surface area is 108 Å². The summed E-state index contributed by atoms with van der Waals surface area (Å²) in [5.41, 5.74) is 1.07. The van der Waals surface area contributed by atoms with Crippen LogP contribution in [0.1, 0.15) is 31.4 Å². The lowest BCUT2D eigenvalue weighted by molar-refractivity contribution is -0.115. The number of likely N-dealkylation sites (tertiary alicyclic amines) is 1. The third-order valence-corrected chi connectivity index (χ3v) is 3.34. The van der Waals surface area contributed by atoms with E-state index in [4.69, 9.17) is 0 Å². The second-order valence-corrected chi connectivity index (χ2v) is 4.98. The zero-order valence-corrected chi connectivity index (χ0v) is 11.0. The summed E-state index contributed by atoms with van der Waals surface area (Å²) in [6.45, 7) is 4.10.